The lowest BCUT2D eigenvalue weighted by molar-refractivity contribution is -0.136. The summed E-state index contributed by atoms with van der Waals surface area (Å²) in [5.74, 6) is 0.0136. The highest BCUT2D eigenvalue weighted by Gasteiger charge is 2.33. The predicted molar refractivity (Wildman–Crippen MR) is 92.3 cm³/mol. The number of nitrogens with one attached hydrogen (secondary N) is 2. The first-order valence-corrected chi connectivity index (χ1v) is 7.89. The molecule has 3 rings (SSSR count). The number of benzene rings is 2. The second-order valence-electron chi connectivity index (χ2n) is 5.92. The number of aryl methyl sites for hydroxylation is 1. The van der Waals surface area contributed by atoms with Crippen molar-refractivity contribution in [3.05, 3.63) is 53.6 Å². The molecule has 1 heterocycles. The Bertz CT molecular complexity index is 865. The van der Waals surface area contributed by atoms with Crippen molar-refractivity contribution in [2.24, 2.45) is 0 Å². The molecule has 0 spiro atoms. The number of para-hydroxylation sites is 1. The first kappa shape index (κ1) is 17.8. The van der Waals surface area contributed by atoms with Gasteiger partial charge in [0.1, 0.15) is 0 Å². The van der Waals surface area contributed by atoms with Gasteiger partial charge in [0.15, 0.2) is 0 Å². The van der Waals surface area contributed by atoms with E-state index in [2.05, 4.69) is 10.6 Å². The Balaban J connectivity index is 1.75. The van der Waals surface area contributed by atoms with Gasteiger partial charge < -0.3 is 15.5 Å². The zero-order valence-corrected chi connectivity index (χ0v) is 13.9. The van der Waals surface area contributed by atoms with Gasteiger partial charge in [0, 0.05) is 24.8 Å². The largest absolute Gasteiger partial charge is 0.418 e. The molecule has 5 nitrogen and oxygen atoms in total. The number of carbonyl (C=O) groups is 2. The van der Waals surface area contributed by atoms with Crippen LogP contribution < -0.4 is 15.5 Å². The number of hydrogen-bond acceptors (Lipinski definition) is 2. The summed E-state index contributed by atoms with van der Waals surface area (Å²) in [4.78, 5) is 25.3. The maximum Gasteiger partial charge on any atom is 0.418 e. The maximum atomic E-state index is 13.0. The smallest absolute Gasteiger partial charge is 0.315 e. The fourth-order valence-electron chi connectivity index (χ4n) is 2.86. The fourth-order valence-corrected chi connectivity index (χ4v) is 2.86. The van der Waals surface area contributed by atoms with Crippen molar-refractivity contribution in [2.75, 3.05) is 22.6 Å². The van der Waals surface area contributed by atoms with Crippen LogP contribution in [0.4, 0.5) is 35.0 Å². The highest BCUT2D eigenvalue weighted by Crippen LogP contribution is 2.34. The molecule has 0 aromatic heterocycles. The van der Waals surface area contributed by atoms with E-state index < -0.39 is 17.8 Å². The molecule has 0 bridgehead atoms. The maximum absolute atomic E-state index is 13.0. The van der Waals surface area contributed by atoms with E-state index in [9.17, 15) is 22.8 Å². The van der Waals surface area contributed by atoms with Gasteiger partial charge in [0.05, 0.1) is 11.3 Å². The second kappa shape index (κ2) is 6.70. The molecule has 136 valence electrons. The summed E-state index contributed by atoms with van der Waals surface area (Å²) >= 11 is 0. The molecule has 1 aliphatic rings. The van der Waals surface area contributed by atoms with Gasteiger partial charge in [-0.05, 0) is 42.3 Å². The van der Waals surface area contributed by atoms with Gasteiger partial charge in [-0.25, -0.2) is 4.79 Å². The molecular weight excluding hydrogens is 347 g/mol. The number of alkyl halides is 3. The van der Waals surface area contributed by atoms with Crippen molar-refractivity contribution >= 4 is 29.0 Å². The normalized spacial score (nSPS) is 14.0. The lowest BCUT2D eigenvalue weighted by Gasteiger charge is -2.26. The van der Waals surface area contributed by atoms with Crippen LogP contribution in [0.2, 0.25) is 0 Å². The summed E-state index contributed by atoms with van der Waals surface area (Å²) < 4.78 is 38.9. The van der Waals surface area contributed by atoms with Gasteiger partial charge in [0.2, 0.25) is 5.91 Å². The van der Waals surface area contributed by atoms with E-state index in [1.165, 1.54) is 18.2 Å². The van der Waals surface area contributed by atoms with Crippen LogP contribution in [0.1, 0.15) is 17.5 Å². The minimum absolute atomic E-state index is 0.0136. The molecule has 1 aliphatic heterocycles. The second-order valence-corrected chi connectivity index (χ2v) is 5.92. The van der Waals surface area contributed by atoms with Crippen molar-refractivity contribution < 1.29 is 22.8 Å². The third-order valence-electron chi connectivity index (χ3n) is 4.16. The van der Waals surface area contributed by atoms with Crippen LogP contribution in [0.25, 0.3) is 0 Å². The standard InChI is InChI=1S/C18H16F3N3O2/c1-24-15-8-7-12(10-11(15)6-9-16(24)25)22-17(26)23-14-5-3-2-4-13(14)18(19,20)21/h2-5,7-8,10H,6,9H2,1H3,(H2,22,23,26). The number of hydrogen-bond donors (Lipinski definition) is 2. The Morgan fingerprint density at radius 3 is 2.54 bits per heavy atom. The number of carbonyl (C=O) groups excluding carboxylic acids is 2. The number of fused-ring (bicyclic) bond motifs is 1. The lowest BCUT2D eigenvalue weighted by atomic mass is 10.0. The highest BCUT2D eigenvalue weighted by molar-refractivity contribution is 6.01. The van der Waals surface area contributed by atoms with Crippen LogP contribution in [0.3, 0.4) is 0 Å². The Morgan fingerprint density at radius 1 is 1.08 bits per heavy atom. The zero-order chi connectivity index (χ0) is 18.9. The molecule has 0 atom stereocenters. The van der Waals surface area contributed by atoms with Crippen molar-refractivity contribution in [1.29, 1.82) is 0 Å². The topological polar surface area (TPSA) is 61.4 Å². The molecule has 2 aromatic carbocycles. The van der Waals surface area contributed by atoms with Crippen molar-refractivity contribution in [3.63, 3.8) is 0 Å². The average Bonchev–Trinajstić information content (AvgIpc) is 2.58. The van der Waals surface area contributed by atoms with Gasteiger partial charge in [-0.1, -0.05) is 12.1 Å². The molecule has 0 fully saturated rings. The van der Waals surface area contributed by atoms with Crippen LogP contribution in [-0.4, -0.2) is 19.0 Å². The van der Waals surface area contributed by atoms with E-state index in [4.69, 9.17) is 0 Å². The number of anilines is 3. The van der Waals surface area contributed by atoms with Gasteiger partial charge in [-0.15, -0.1) is 0 Å². The molecule has 26 heavy (non-hydrogen) atoms. The van der Waals surface area contributed by atoms with E-state index in [0.717, 1.165) is 17.3 Å². The zero-order valence-electron chi connectivity index (χ0n) is 13.9. The molecule has 3 amide bonds. The third-order valence-corrected chi connectivity index (χ3v) is 4.16. The quantitative estimate of drug-likeness (QED) is 0.838. The number of rotatable bonds is 2. The first-order valence-electron chi connectivity index (χ1n) is 7.89. The number of nitrogens with zero attached hydrogens (tertiary/aromatic N) is 1. The van der Waals surface area contributed by atoms with Crippen LogP contribution in [0.15, 0.2) is 42.5 Å². The van der Waals surface area contributed by atoms with E-state index in [1.807, 2.05) is 0 Å². The Morgan fingerprint density at radius 2 is 1.81 bits per heavy atom. The molecule has 0 saturated carbocycles. The summed E-state index contributed by atoms with van der Waals surface area (Å²) in [7, 11) is 1.67. The number of urea groups is 1. The number of amides is 3. The van der Waals surface area contributed by atoms with Gasteiger partial charge in [-0.2, -0.15) is 13.2 Å². The molecular formula is C18H16F3N3O2. The van der Waals surface area contributed by atoms with Gasteiger partial charge >= 0.3 is 12.2 Å². The van der Waals surface area contributed by atoms with E-state index in [1.54, 1.807) is 30.1 Å². The lowest BCUT2D eigenvalue weighted by Crippen LogP contribution is -2.31. The molecule has 2 aromatic rings. The summed E-state index contributed by atoms with van der Waals surface area (Å²) in [5.41, 5.74) is 0.852. The minimum Gasteiger partial charge on any atom is -0.315 e. The predicted octanol–water partition coefficient (Wildman–Crippen LogP) is 4.26. The van der Waals surface area contributed by atoms with Crippen molar-refractivity contribution in [3.8, 4) is 0 Å². The Labute approximate surface area is 147 Å². The Kier molecular flexibility index (Phi) is 4.58. The van der Waals surface area contributed by atoms with Gasteiger partial charge in [0.25, 0.3) is 0 Å². The number of halogens is 3. The summed E-state index contributed by atoms with van der Waals surface area (Å²) in [6, 6.07) is 9.01. The van der Waals surface area contributed by atoms with E-state index in [-0.39, 0.29) is 11.6 Å². The highest BCUT2D eigenvalue weighted by atomic mass is 19.4. The minimum atomic E-state index is -4.56. The van der Waals surface area contributed by atoms with E-state index in [0.29, 0.717) is 18.5 Å². The fraction of sp³-hybridized carbons (Fsp3) is 0.222. The third kappa shape index (κ3) is 3.63. The van der Waals surface area contributed by atoms with Gasteiger partial charge in [-0.3, -0.25) is 4.79 Å². The van der Waals surface area contributed by atoms with Crippen LogP contribution >= 0.6 is 0 Å². The van der Waals surface area contributed by atoms with Crippen molar-refractivity contribution in [2.45, 2.75) is 19.0 Å². The first-order chi connectivity index (χ1) is 12.3. The van der Waals surface area contributed by atoms with Crippen molar-refractivity contribution in [1.82, 2.24) is 0 Å². The molecule has 0 unspecified atom stereocenters. The molecule has 2 N–H and O–H groups in total. The molecule has 0 radical (unpaired) electrons. The summed E-state index contributed by atoms with van der Waals surface area (Å²) in [6.45, 7) is 0. The Hall–Kier alpha value is -3.03. The molecule has 8 heteroatoms. The van der Waals surface area contributed by atoms with Crippen LogP contribution in [0.5, 0.6) is 0 Å². The molecule has 0 aliphatic carbocycles. The molecule has 0 saturated heterocycles. The van der Waals surface area contributed by atoms with E-state index >= 15 is 0 Å². The summed E-state index contributed by atoms with van der Waals surface area (Å²) in [6.07, 6.45) is -3.64. The SMILES string of the molecule is CN1C(=O)CCc2cc(NC(=O)Nc3ccccc3C(F)(F)F)ccc21. The monoisotopic (exact) mass is 363 g/mol. The van der Waals surface area contributed by atoms with Crippen LogP contribution in [0, 0.1) is 0 Å². The average molecular weight is 363 g/mol. The summed E-state index contributed by atoms with van der Waals surface area (Å²) in [5, 5.41) is 4.75. The van der Waals surface area contributed by atoms with Crippen LogP contribution in [-0.2, 0) is 17.4 Å².